The summed E-state index contributed by atoms with van der Waals surface area (Å²) in [6.07, 6.45) is 0. The number of benzene rings is 3. The molecule has 0 radical (unpaired) electrons. The maximum absolute atomic E-state index is 13.2. The summed E-state index contributed by atoms with van der Waals surface area (Å²) in [5, 5.41) is 6.08. The first kappa shape index (κ1) is 20.9. The number of rotatable bonds is 4. The number of nitrogens with one attached hydrogen (secondary N) is 2. The lowest BCUT2D eigenvalue weighted by Gasteiger charge is -2.09. The van der Waals surface area contributed by atoms with Crippen molar-refractivity contribution in [2.24, 2.45) is 0 Å². The SMILES string of the molecule is O=C(Nc1ccc(F)c(F)c1)Nc1ccc(Sc2nc3cc(Cl)ccc3s2)c(Cl)c1. The molecule has 4 rings (SSSR count). The monoisotopic (exact) mass is 481 g/mol. The number of hydrogen-bond donors (Lipinski definition) is 2. The average molecular weight is 482 g/mol. The summed E-state index contributed by atoms with van der Waals surface area (Å²) >= 11 is 15.3. The average Bonchev–Trinajstić information content (AvgIpc) is 3.08. The van der Waals surface area contributed by atoms with Gasteiger partial charge >= 0.3 is 6.03 Å². The largest absolute Gasteiger partial charge is 0.323 e. The molecule has 0 bridgehead atoms. The zero-order chi connectivity index (χ0) is 21.3. The van der Waals surface area contributed by atoms with E-state index in [0.717, 1.165) is 31.6 Å². The second-order valence-electron chi connectivity index (χ2n) is 6.05. The molecule has 0 unspecified atom stereocenters. The highest BCUT2D eigenvalue weighted by atomic mass is 35.5. The minimum Gasteiger partial charge on any atom is -0.308 e. The van der Waals surface area contributed by atoms with E-state index in [1.807, 2.05) is 12.1 Å². The van der Waals surface area contributed by atoms with E-state index < -0.39 is 17.7 Å². The van der Waals surface area contributed by atoms with Gasteiger partial charge in [0.15, 0.2) is 16.0 Å². The maximum atomic E-state index is 13.2. The smallest absolute Gasteiger partial charge is 0.308 e. The van der Waals surface area contributed by atoms with Crippen LogP contribution in [0.5, 0.6) is 0 Å². The second kappa shape index (κ2) is 8.77. The molecule has 152 valence electrons. The van der Waals surface area contributed by atoms with Crippen LogP contribution in [-0.4, -0.2) is 11.0 Å². The molecule has 1 aromatic heterocycles. The van der Waals surface area contributed by atoms with Crippen molar-refractivity contribution in [3.8, 4) is 0 Å². The van der Waals surface area contributed by atoms with Gasteiger partial charge in [0, 0.05) is 27.4 Å². The van der Waals surface area contributed by atoms with Crippen LogP contribution in [-0.2, 0) is 0 Å². The fourth-order valence-corrected chi connectivity index (χ4v) is 5.02. The molecule has 0 spiro atoms. The summed E-state index contributed by atoms with van der Waals surface area (Å²) in [6.45, 7) is 0. The molecule has 0 fully saturated rings. The fourth-order valence-electron chi connectivity index (χ4n) is 2.55. The first-order chi connectivity index (χ1) is 14.4. The van der Waals surface area contributed by atoms with Crippen LogP contribution in [0.25, 0.3) is 10.2 Å². The van der Waals surface area contributed by atoms with Gasteiger partial charge in [-0.05, 0) is 48.5 Å². The third-order valence-corrected chi connectivity index (χ3v) is 6.73. The predicted octanol–water partition coefficient (Wildman–Crippen LogP) is 7.68. The lowest BCUT2D eigenvalue weighted by molar-refractivity contribution is 0.262. The molecule has 0 aliphatic carbocycles. The molecular formula is C20H11Cl2F2N3OS2. The Bertz CT molecular complexity index is 1270. The molecule has 0 saturated heterocycles. The highest BCUT2D eigenvalue weighted by Gasteiger charge is 2.11. The Morgan fingerprint density at radius 3 is 2.40 bits per heavy atom. The molecule has 1 heterocycles. The predicted molar refractivity (Wildman–Crippen MR) is 119 cm³/mol. The van der Waals surface area contributed by atoms with E-state index in [4.69, 9.17) is 23.2 Å². The van der Waals surface area contributed by atoms with Gasteiger partial charge in [0.05, 0.1) is 15.2 Å². The number of carbonyl (C=O) groups excluding carboxylic acids is 1. The summed E-state index contributed by atoms with van der Waals surface area (Å²) in [4.78, 5) is 17.4. The number of halogens is 4. The number of anilines is 2. The van der Waals surface area contributed by atoms with Gasteiger partial charge < -0.3 is 10.6 Å². The Labute approximate surface area is 188 Å². The summed E-state index contributed by atoms with van der Waals surface area (Å²) < 4.78 is 28.0. The standard InChI is InChI=1S/C20H11Cl2F2N3OS2/c21-10-1-5-18-16(7-10)27-20(30-18)29-17-6-3-11(8-13(17)22)25-19(28)26-12-2-4-14(23)15(24)9-12/h1-9H,(H2,25,26,28). The molecule has 0 aliphatic heterocycles. The van der Waals surface area contributed by atoms with Crippen LogP contribution in [0.15, 0.2) is 63.8 Å². The van der Waals surface area contributed by atoms with Crippen molar-refractivity contribution in [1.29, 1.82) is 0 Å². The van der Waals surface area contributed by atoms with Crippen LogP contribution in [0, 0.1) is 11.6 Å². The number of hydrogen-bond acceptors (Lipinski definition) is 4. The number of fused-ring (bicyclic) bond motifs is 1. The summed E-state index contributed by atoms with van der Waals surface area (Å²) in [5.41, 5.74) is 1.39. The van der Waals surface area contributed by atoms with Gasteiger partial charge in [-0.1, -0.05) is 35.0 Å². The molecule has 0 saturated carbocycles. The van der Waals surface area contributed by atoms with E-state index in [0.29, 0.717) is 15.7 Å². The normalized spacial score (nSPS) is 10.9. The Kier molecular flexibility index (Phi) is 6.10. The lowest BCUT2D eigenvalue weighted by atomic mass is 10.3. The van der Waals surface area contributed by atoms with E-state index in [9.17, 15) is 13.6 Å². The Morgan fingerprint density at radius 1 is 0.933 bits per heavy atom. The molecular weight excluding hydrogens is 471 g/mol. The Morgan fingerprint density at radius 2 is 1.67 bits per heavy atom. The summed E-state index contributed by atoms with van der Waals surface area (Å²) in [7, 11) is 0. The first-order valence-corrected chi connectivity index (χ1v) is 10.8. The van der Waals surface area contributed by atoms with Crippen LogP contribution >= 0.6 is 46.3 Å². The topological polar surface area (TPSA) is 54.0 Å². The van der Waals surface area contributed by atoms with Crippen LogP contribution in [0.1, 0.15) is 0 Å². The van der Waals surface area contributed by atoms with E-state index in [1.165, 1.54) is 29.2 Å². The summed E-state index contributed by atoms with van der Waals surface area (Å²) in [5.74, 6) is -2.04. The van der Waals surface area contributed by atoms with E-state index >= 15 is 0 Å². The van der Waals surface area contributed by atoms with Gasteiger partial charge in [0.1, 0.15) is 0 Å². The highest BCUT2D eigenvalue weighted by Crippen LogP contribution is 2.39. The van der Waals surface area contributed by atoms with Crippen molar-refractivity contribution < 1.29 is 13.6 Å². The van der Waals surface area contributed by atoms with Crippen LogP contribution in [0.2, 0.25) is 10.0 Å². The number of thiazole rings is 1. The van der Waals surface area contributed by atoms with Crippen molar-refractivity contribution in [2.45, 2.75) is 9.24 Å². The highest BCUT2D eigenvalue weighted by molar-refractivity contribution is 8.01. The quantitative estimate of drug-likeness (QED) is 0.314. The molecule has 4 aromatic rings. The Balaban J connectivity index is 1.44. The molecule has 0 atom stereocenters. The number of nitrogens with zero attached hydrogens (tertiary/aromatic N) is 1. The molecule has 2 N–H and O–H groups in total. The van der Waals surface area contributed by atoms with Crippen molar-refractivity contribution in [2.75, 3.05) is 10.6 Å². The molecule has 2 amide bonds. The van der Waals surface area contributed by atoms with Crippen molar-refractivity contribution >= 4 is 73.9 Å². The molecule has 10 heteroatoms. The van der Waals surface area contributed by atoms with Gasteiger partial charge in [0.2, 0.25) is 0 Å². The fraction of sp³-hybridized carbons (Fsp3) is 0. The van der Waals surface area contributed by atoms with Gasteiger partial charge in [-0.25, -0.2) is 18.6 Å². The zero-order valence-electron chi connectivity index (χ0n) is 14.9. The van der Waals surface area contributed by atoms with Gasteiger partial charge in [0.25, 0.3) is 0 Å². The van der Waals surface area contributed by atoms with Crippen molar-refractivity contribution in [3.05, 3.63) is 76.3 Å². The second-order valence-corrected chi connectivity index (χ2v) is 9.21. The van der Waals surface area contributed by atoms with Gasteiger partial charge in [-0.2, -0.15) is 0 Å². The molecule has 3 aromatic carbocycles. The lowest BCUT2D eigenvalue weighted by Crippen LogP contribution is -2.19. The Hall–Kier alpha value is -2.39. The number of carbonyl (C=O) groups is 1. The van der Waals surface area contributed by atoms with E-state index in [1.54, 1.807) is 24.3 Å². The number of aromatic nitrogens is 1. The van der Waals surface area contributed by atoms with Crippen molar-refractivity contribution in [1.82, 2.24) is 4.98 Å². The van der Waals surface area contributed by atoms with Crippen LogP contribution in [0.4, 0.5) is 25.0 Å². The van der Waals surface area contributed by atoms with E-state index in [2.05, 4.69) is 15.6 Å². The molecule has 0 aliphatic rings. The minimum absolute atomic E-state index is 0.126. The minimum atomic E-state index is -1.05. The summed E-state index contributed by atoms with van der Waals surface area (Å²) in [6, 6.07) is 13.1. The molecule has 30 heavy (non-hydrogen) atoms. The van der Waals surface area contributed by atoms with Gasteiger partial charge in [-0.3, -0.25) is 0 Å². The van der Waals surface area contributed by atoms with Crippen LogP contribution in [0.3, 0.4) is 0 Å². The van der Waals surface area contributed by atoms with Crippen molar-refractivity contribution in [3.63, 3.8) is 0 Å². The van der Waals surface area contributed by atoms with Gasteiger partial charge in [-0.15, -0.1) is 11.3 Å². The van der Waals surface area contributed by atoms with Crippen LogP contribution < -0.4 is 10.6 Å². The maximum Gasteiger partial charge on any atom is 0.323 e. The molecule has 4 nitrogen and oxygen atoms in total. The third kappa shape index (κ3) is 4.84. The number of amides is 2. The first-order valence-electron chi connectivity index (χ1n) is 8.44. The number of urea groups is 1. The third-order valence-electron chi connectivity index (χ3n) is 3.89. The zero-order valence-corrected chi connectivity index (χ0v) is 18.0. The van der Waals surface area contributed by atoms with E-state index in [-0.39, 0.29) is 5.69 Å².